The molecule has 2 heterocycles. The Labute approximate surface area is 136 Å². The number of hydrogen-bond acceptors (Lipinski definition) is 4. The Morgan fingerprint density at radius 3 is 2.23 bits per heavy atom. The van der Waals surface area contributed by atoms with Crippen LogP contribution in [0.4, 0.5) is 0 Å². The molecular formula is C18H36N4. The van der Waals surface area contributed by atoms with Gasteiger partial charge in [-0.25, -0.2) is 0 Å². The van der Waals surface area contributed by atoms with E-state index in [2.05, 4.69) is 29.1 Å². The maximum atomic E-state index is 6.30. The second-order valence-corrected chi connectivity index (χ2v) is 8.28. The highest BCUT2D eigenvalue weighted by Gasteiger charge is 2.37. The fraction of sp³-hybridized carbons (Fsp3) is 1.00. The largest absolute Gasteiger partial charge is 0.326 e. The molecule has 0 bridgehead atoms. The molecule has 0 aromatic carbocycles. The van der Waals surface area contributed by atoms with Gasteiger partial charge in [-0.3, -0.25) is 4.90 Å². The van der Waals surface area contributed by atoms with Gasteiger partial charge in [0.2, 0.25) is 0 Å². The summed E-state index contributed by atoms with van der Waals surface area (Å²) < 4.78 is 0. The first kappa shape index (κ1) is 16.7. The molecular weight excluding hydrogens is 272 g/mol. The molecule has 3 aliphatic rings. The Morgan fingerprint density at radius 1 is 0.955 bits per heavy atom. The van der Waals surface area contributed by atoms with E-state index in [4.69, 9.17) is 5.73 Å². The minimum Gasteiger partial charge on any atom is -0.326 e. The third kappa shape index (κ3) is 3.84. The van der Waals surface area contributed by atoms with Gasteiger partial charge in [-0.1, -0.05) is 12.8 Å². The van der Waals surface area contributed by atoms with Gasteiger partial charge in [0, 0.05) is 36.8 Å². The Balaban J connectivity index is 1.46. The highest BCUT2D eigenvalue weighted by Crippen LogP contribution is 2.31. The monoisotopic (exact) mass is 308 g/mol. The van der Waals surface area contributed by atoms with E-state index >= 15 is 0 Å². The Bertz CT molecular complexity index is 343. The molecule has 22 heavy (non-hydrogen) atoms. The van der Waals surface area contributed by atoms with E-state index in [1.165, 1.54) is 77.5 Å². The van der Waals surface area contributed by atoms with Crippen molar-refractivity contribution in [3.05, 3.63) is 0 Å². The van der Waals surface area contributed by atoms with Gasteiger partial charge in [-0.05, 0) is 65.6 Å². The lowest BCUT2D eigenvalue weighted by Gasteiger charge is -2.49. The molecule has 1 aliphatic carbocycles. The molecule has 3 N–H and O–H groups in total. The van der Waals surface area contributed by atoms with Gasteiger partial charge in [0.1, 0.15) is 0 Å². The molecule has 2 saturated heterocycles. The predicted octanol–water partition coefficient (Wildman–Crippen LogP) is 1.79. The van der Waals surface area contributed by atoms with Crippen molar-refractivity contribution in [1.82, 2.24) is 15.1 Å². The normalized spacial score (nSPS) is 35.6. The summed E-state index contributed by atoms with van der Waals surface area (Å²) in [5, 5.41) is 3.89. The summed E-state index contributed by atoms with van der Waals surface area (Å²) in [5.74, 6) is 0. The van der Waals surface area contributed by atoms with Crippen molar-refractivity contribution >= 4 is 0 Å². The molecule has 3 fully saturated rings. The summed E-state index contributed by atoms with van der Waals surface area (Å²) in [5.41, 5.74) is 6.74. The third-order valence-electron chi connectivity index (χ3n) is 6.59. The van der Waals surface area contributed by atoms with E-state index in [1.54, 1.807) is 0 Å². The highest BCUT2D eigenvalue weighted by atomic mass is 15.2. The van der Waals surface area contributed by atoms with E-state index in [-0.39, 0.29) is 0 Å². The molecule has 0 spiro atoms. The summed E-state index contributed by atoms with van der Waals surface area (Å²) >= 11 is 0. The molecule has 0 radical (unpaired) electrons. The number of nitrogens with two attached hydrogens (primary N) is 1. The van der Waals surface area contributed by atoms with Crippen molar-refractivity contribution in [1.29, 1.82) is 0 Å². The standard InChI is InChI=1S/C18H36N4/c1-18(9-13-21(2)14-10-18)22-11-7-15(8-12-22)20-17-6-4-3-5-16(17)19/h15-17,20H,3-14,19H2,1-2H3. The van der Waals surface area contributed by atoms with Crippen molar-refractivity contribution in [2.45, 2.75) is 82.0 Å². The molecule has 3 rings (SSSR count). The van der Waals surface area contributed by atoms with Crippen molar-refractivity contribution in [2.75, 3.05) is 33.2 Å². The first-order valence-electron chi connectivity index (χ1n) is 9.52. The number of rotatable bonds is 3. The minimum absolute atomic E-state index is 0.387. The van der Waals surface area contributed by atoms with E-state index in [9.17, 15) is 0 Å². The fourth-order valence-corrected chi connectivity index (χ4v) is 4.67. The van der Waals surface area contributed by atoms with E-state index in [1.807, 2.05) is 0 Å². The van der Waals surface area contributed by atoms with Crippen LogP contribution in [0.25, 0.3) is 0 Å². The molecule has 1 saturated carbocycles. The Kier molecular flexibility index (Phi) is 5.43. The Hall–Kier alpha value is -0.160. The smallest absolute Gasteiger partial charge is 0.0221 e. The third-order valence-corrected chi connectivity index (χ3v) is 6.59. The molecule has 128 valence electrons. The number of piperidine rings is 2. The molecule has 2 unspecified atom stereocenters. The summed E-state index contributed by atoms with van der Waals surface area (Å²) in [4.78, 5) is 5.25. The molecule has 0 aromatic rings. The van der Waals surface area contributed by atoms with Gasteiger partial charge in [0.15, 0.2) is 0 Å². The van der Waals surface area contributed by atoms with Crippen LogP contribution in [0.3, 0.4) is 0 Å². The Morgan fingerprint density at radius 2 is 1.59 bits per heavy atom. The second kappa shape index (κ2) is 7.16. The number of hydrogen-bond donors (Lipinski definition) is 2. The number of likely N-dealkylation sites (tertiary alicyclic amines) is 2. The second-order valence-electron chi connectivity index (χ2n) is 8.28. The highest BCUT2D eigenvalue weighted by molar-refractivity contribution is 4.95. The minimum atomic E-state index is 0.387. The van der Waals surface area contributed by atoms with Crippen molar-refractivity contribution in [3.63, 3.8) is 0 Å². The van der Waals surface area contributed by atoms with E-state index in [0.29, 0.717) is 23.7 Å². The first-order valence-corrected chi connectivity index (χ1v) is 9.52. The summed E-state index contributed by atoms with van der Waals surface area (Å²) in [6, 6.07) is 1.66. The zero-order chi connectivity index (χ0) is 15.6. The van der Waals surface area contributed by atoms with Crippen LogP contribution in [0.15, 0.2) is 0 Å². The molecule has 4 nitrogen and oxygen atoms in total. The van der Waals surface area contributed by atoms with Gasteiger partial charge in [-0.15, -0.1) is 0 Å². The van der Waals surface area contributed by atoms with Crippen molar-refractivity contribution in [2.24, 2.45) is 5.73 Å². The van der Waals surface area contributed by atoms with Crippen LogP contribution >= 0.6 is 0 Å². The summed E-state index contributed by atoms with van der Waals surface area (Å²) in [6.07, 6.45) is 10.4. The topological polar surface area (TPSA) is 44.5 Å². The summed E-state index contributed by atoms with van der Waals surface area (Å²) in [6.45, 7) is 7.53. The predicted molar refractivity (Wildman–Crippen MR) is 93.1 cm³/mol. The van der Waals surface area contributed by atoms with Crippen LogP contribution in [0, 0.1) is 0 Å². The van der Waals surface area contributed by atoms with Crippen molar-refractivity contribution < 1.29 is 0 Å². The van der Waals surface area contributed by atoms with Crippen LogP contribution in [0.2, 0.25) is 0 Å². The zero-order valence-corrected chi connectivity index (χ0v) is 14.7. The van der Waals surface area contributed by atoms with Crippen LogP contribution in [-0.2, 0) is 0 Å². The molecule has 0 aromatic heterocycles. The SMILES string of the molecule is CN1CCC(C)(N2CCC(NC3CCCCC3N)CC2)CC1. The average Bonchev–Trinajstić information content (AvgIpc) is 2.53. The maximum absolute atomic E-state index is 6.30. The van der Waals surface area contributed by atoms with Gasteiger partial charge in [0.05, 0.1) is 0 Å². The lowest BCUT2D eigenvalue weighted by Crippen LogP contribution is -2.58. The van der Waals surface area contributed by atoms with Crippen LogP contribution in [0.5, 0.6) is 0 Å². The zero-order valence-electron chi connectivity index (χ0n) is 14.7. The van der Waals surface area contributed by atoms with E-state index < -0.39 is 0 Å². The van der Waals surface area contributed by atoms with E-state index in [0.717, 1.165) is 0 Å². The average molecular weight is 309 g/mol. The van der Waals surface area contributed by atoms with Crippen LogP contribution < -0.4 is 11.1 Å². The lowest BCUT2D eigenvalue weighted by atomic mass is 9.85. The summed E-state index contributed by atoms with van der Waals surface area (Å²) in [7, 11) is 2.25. The molecule has 0 amide bonds. The molecule has 2 atom stereocenters. The lowest BCUT2D eigenvalue weighted by molar-refractivity contribution is 0.0195. The molecule has 2 aliphatic heterocycles. The quantitative estimate of drug-likeness (QED) is 0.834. The van der Waals surface area contributed by atoms with Gasteiger partial charge < -0.3 is 16.0 Å². The van der Waals surface area contributed by atoms with Gasteiger partial charge in [-0.2, -0.15) is 0 Å². The van der Waals surface area contributed by atoms with Gasteiger partial charge in [0.25, 0.3) is 0 Å². The van der Waals surface area contributed by atoms with Crippen molar-refractivity contribution in [3.8, 4) is 0 Å². The number of nitrogens with one attached hydrogen (secondary N) is 1. The molecule has 4 heteroatoms. The van der Waals surface area contributed by atoms with Gasteiger partial charge >= 0.3 is 0 Å². The fourth-order valence-electron chi connectivity index (χ4n) is 4.67. The first-order chi connectivity index (χ1) is 10.6. The number of nitrogens with zero attached hydrogens (tertiary/aromatic N) is 2. The maximum Gasteiger partial charge on any atom is 0.0221 e. The van der Waals surface area contributed by atoms with Crippen LogP contribution in [-0.4, -0.2) is 66.7 Å². The van der Waals surface area contributed by atoms with Crippen LogP contribution in [0.1, 0.15) is 58.3 Å².